The highest BCUT2D eigenvalue weighted by Gasteiger charge is 2.47. The SMILES string of the molecule is COc1c(Cl)cc(Cl)cc1/C(O)=C1\C(=O)C(=O)N(c2ccc(F)c(F)c2)C1c1cccc(C)c1. The quantitative estimate of drug-likeness (QED) is 0.261. The van der Waals surface area contributed by atoms with E-state index < -0.39 is 35.1 Å². The predicted molar refractivity (Wildman–Crippen MR) is 125 cm³/mol. The molecule has 1 unspecified atom stereocenters. The van der Waals surface area contributed by atoms with Crippen molar-refractivity contribution in [1.82, 2.24) is 0 Å². The molecule has 0 aliphatic carbocycles. The third-order valence-electron chi connectivity index (χ3n) is 5.45. The van der Waals surface area contributed by atoms with Crippen molar-refractivity contribution in [3.63, 3.8) is 0 Å². The highest BCUT2D eigenvalue weighted by Crippen LogP contribution is 2.45. The maximum Gasteiger partial charge on any atom is 0.300 e. The van der Waals surface area contributed by atoms with Gasteiger partial charge in [0.2, 0.25) is 0 Å². The zero-order chi connectivity index (χ0) is 24.7. The Morgan fingerprint density at radius 2 is 1.76 bits per heavy atom. The summed E-state index contributed by atoms with van der Waals surface area (Å²) in [5, 5.41) is 11.5. The second-order valence-corrected chi connectivity index (χ2v) is 8.49. The van der Waals surface area contributed by atoms with Crippen molar-refractivity contribution in [1.29, 1.82) is 0 Å². The first-order valence-corrected chi connectivity index (χ1v) is 10.8. The van der Waals surface area contributed by atoms with E-state index in [0.717, 1.165) is 22.6 Å². The van der Waals surface area contributed by atoms with Gasteiger partial charge in [-0.15, -0.1) is 0 Å². The summed E-state index contributed by atoms with van der Waals surface area (Å²) >= 11 is 12.3. The van der Waals surface area contributed by atoms with Crippen molar-refractivity contribution < 1.29 is 28.2 Å². The van der Waals surface area contributed by atoms with E-state index in [0.29, 0.717) is 5.56 Å². The summed E-state index contributed by atoms with van der Waals surface area (Å²) in [7, 11) is 1.32. The van der Waals surface area contributed by atoms with E-state index in [4.69, 9.17) is 27.9 Å². The van der Waals surface area contributed by atoms with Gasteiger partial charge in [0, 0.05) is 16.8 Å². The number of nitrogens with zero attached hydrogens (tertiary/aromatic N) is 1. The maximum atomic E-state index is 14.1. The fraction of sp³-hybridized carbons (Fsp3) is 0.120. The third kappa shape index (κ3) is 4.02. The lowest BCUT2D eigenvalue weighted by Gasteiger charge is -2.26. The van der Waals surface area contributed by atoms with E-state index >= 15 is 0 Å². The number of hydrogen-bond acceptors (Lipinski definition) is 4. The van der Waals surface area contributed by atoms with Crippen LogP contribution in [0.2, 0.25) is 10.0 Å². The predicted octanol–water partition coefficient (Wildman–Crippen LogP) is 6.21. The molecule has 1 saturated heterocycles. The number of methoxy groups -OCH3 is 1. The van der Waals surface area contributed by atoms with Gasteiger partial charge in [0.25, 0.3) is 11.7 Å². The van der Waals surface area contributed by atoms with Crippen molar-refractivity contribution in [2.24, 2.45) is 0 Å². The van der Waals surface area contributed by atoms with Crippen LogP contribution in [0.4, 0.5) is 14.5 Å². The molecule has 0 radical (unpaired) electrons. The van der Waals surface area contributed by atoms with Gasteiger partial charge in [-0.3, -0.25) is 14.5 Å². The number of halogens is 4. The molecule has 5 nitrogen and oxygen atoms in total. The van der Waals surface area contributed by atoms with Crippen LogP contribution < -0.4 is 9.64 Å². The topological polar surface area (TPSA) is 66.8 Å². The highest BCUT2D eigenvalue weighted by atomic mass is 35.5. The van der Waals surface area contributed by atoms with E-state index in [1.807, 2.05) is 13.0 Å². The third-order valence-corrected chi connectivity index (χ3v) is 5.95. The molecule has 1 fully saturated rings. The molecule has 0 bridgehead atoms. The summed E-state index contributed by atoms with van der Waals surface area (Å²) in [6.07, 6.45) is 0. The minimum atomic E-state index is -1.19. The van der Waals surface area contributed by atoms with Crippen molar-refractivity contribution in [2.75, 3.05) is 12.0 Å². The molecule has 0 aromatic heterocycles. The molecular formula is C25H17Cl2F2NO4. The molecule has 3 aromatic carbocycles. The van der Waals surface area contributed by atoms with E-state index in [9.17, 15) is 23.5 Å². The molecule has 1 atom stereocenters. The molecule has 1 aliphatic rings. The van der Waals surface area contributed by atoms with Crippen LogP contribution in [0, 0.1) is 18.6 Å². The van der Waals surface area contributed by atoms with Crippen molar-refractivity contribution >= 4 is 46.3 Å². The van der Waals surface area contributed by atoms with Gasteiger partial charge in [0.05, 0.1) is 29.3 Å². The molecule has 1 heterocycles. The van der Waals surface area contributed by atoms with Gasteiger partial charge in [-0.05, 0) is 36.8 Å². The van der Waals surface area contributed by atoms with Crippen molar-refractivity contribution in [3.05, 3.63) is 98.5 Å². The number of benzene rings is 3. The van der Waals surface area contributed by atoms with Gasteiger partial charge in [-0.2, -0.15) is 0 Å². The fourth-order valence-corrected chi connectivity index (χ4v) is 4.55. The number of carbonyl (C=O) groups is 2. The van der Waals surface area contributed by atoms with Gasteiger partial charge in [0.15, 0.2) is 11.6 Å². The molecule has 174 valence electrons. The zero-order valence-corrected chi connectivity index (χ0v) is 19.4. The molecule has 1 amide bonds. The lowest BCUT2D eigenvalue weighted by molar-refractivity contribution is -0.132. The molecule has 34 heavy (non-hydrogen) atoms. The number of aliphatic hydroxyl groups excluding tert-OH is 1. The monoisotopic (exact) mass is 503 g/mol. The number of aryl methyl sites for hydroxylation is 1. The Morgan fingerprint density at radius 1 is 1.03 bits per heavy atom. The lowest BCUT2D eigenvalue weighted by atomic mass is 9.94. The number of Topliss-reactive ketones (excluding diaryl/α,β-unsaturated/α-hetero) is 1. The Kier molecular flexibility index (Phi) is 6.34. The van der Waals surface area contributed by atoms with Crippen LogP contribution in [0.1, 0.15) is 22.7 Å². The number of rotatable bonds is 4. The Balaban J connectivity index is 2.02. The van der Waals surface area contributed by atoms with E-state index in [1.54, 1.807) is 18.2 Å². The molecule has 0 spiro atoms. The molecule has 0 saturated carbocycles. The fourth-order valence-electron chi connectivity index (χ4n) is 3.98. The largest absolute Gasteiger partial charge is 0.507 e. The maximum absolute atomic E-state index is 14.1. The number of hydrogen-bond donors (Lipinski definition) is 1. The first-order chi connectivity index (χ1) is 16.1. The molecule has 1 N–H and O–H groups in total. The second kappa shape index (κ2) is 9.08. The van der Waals surface area contributed by atoms with Gasteiger partial charge in [0.1, 0.15) is 11.5 Å². The van der Waals surface area contributed by atoms with Gasteiger partial charge >= 0.3 is 0 Å². The van der Waals surface area contributed by atoms with Crippen LogP contribution in [0.25, 0.3) is 5.76 Å². The second-order valence-electron chi connectivity index (χ2n) is 7.65. The summed E-state index contributed by atoms with van der Waals surface area (Å²) in [4.78, 5) is 27.4. The average molecular weight is 504 g/mol. The van der Waals surface area contributed by atoms with Crippen LogP contribution in [0.5, 0.6) is 5.75 Å². The van der Waals surface area contributed by atoms with Crippen molar-refractivity contribution in [2.45, 2.75) is 13.0 Å². The van der Waals surface area contributed by atoms with Crippen LogP contribution in [-0.4, -0.2) is 23.9 Å². The smallest absolute Gasteiger partial charge is 0.300 e. The molecule has 4 rings (SSSR count). The number of carbonyl (C=O) groups excluding carboxylic acids is 2. The average Bonchev–Trinajstić information content (AvgIpc) is 3.05. The van der Waals surface area contributed by atoms with Gasteiger partial charge < -0.3 is 9.84 Å². The van der Waals surface area contributed by atoms with Crippen LogP contribution in [0.15, 0.2) is 60.2 Å². The number of ketones is 1. The Hall–Kier alpha value is -3.42. The first-order valence-electron chi connectivity index (χ1n) is 10.00. The zero-order valence-electron chi connectivity index (χ0n) is 17.9. The minimum absolute atomic E-state index is 0.000870. The van der Waals surface area contributed by atoms with Gasteiger partial charge in [-0.1, -0.05) is 53.0 Å². The molecular weight excluding hydrogens is 487 g/mol. The van der Waals surface area contributed by atoms with Crippen LogP contribution in [-0.2, 0) is 9.59 Å². The summed E-state index contributed by atoms with van der Waals surface area (Å²) in [6.45, 7) is 1.81. The van der Waals surface area contributed by atoms with Crippen LogP contribution in [0.3, 0.4) is 0 Å². The lowest BCUT2D eigenvalue weighted by Crippen LogP contribution is -2.29. The number of amides is 1. The Bertz CT molecular complexity index is 1370. The number of ether oxygens (including phenoxy) is 1. The Morgan fingerprint density at radius 3 is 2.41 bits per heavy atom. The standard InChI is InChI=1S/C25H17Cl2F2NO4/c1-12-4-3-5-13(8-12)21-20(22(31)16-9-14(26)10-17(27)24(16)34-2)23(32)25(33)30(21)15-6-7-18(28)19(29)11-15/h3-11,21,31H,1-2H3/b22-20+. The number of aliphatic hydroxyl groups is 1. The summed E-state index contributed by atoms with van der Waals surface area (Å²) in [6, 6.07) is 11.4. The number of anilines is 1. The van der Waals surface area contributed by atoms with Crippen molar-refractivity contribution in [3.8, 4) is 5.75 Å². The summed E-state index contributed by atoms with van der Waals surface area (Å²) in [5.41, 5.74) is 0.954. The minimum Gasteiger partial charge on any atom is -0.507 e. The Labute approximate surface area is 203 Å². The molecule has 9 heteroatoms. The van der Waals surface area contributed by atoms with E-state index in [-0.39, 0.29) is 32.6 Å². The van der Waals surface area contributed by atoms with Gasteiger partial charge in [-0.25, -0.2) is 8.78 Å². The normalized spacial score (nSPS) is 17.4. The van der Waals surface area contributed by atoms with E-state index in [2.05, 4.69) is 0 Å². The first kappa shape index (κ1) is 23.7. The van der Waals surface area contributed by atoms with Crippen LogP contribution >= 0.6 is 23.2 Å². The summed E-state index contributed by atoms with van der Waals surface area (Å²) in [5.74, 6) is -4.86. The molecule has 3 aromatic rings. The summed E-state index contributed by atoms with van der Waals surface area (Å²) < 4.78 is 32.9. The molecule has 1 aliphatic heterocycles. The van der Waals surface area contributed by atoms with E-state index in [1.165, 1.54) is 25.3 Å². The highest BCUT2D eigenvalue weighted by molar-refractivity contribution is 6.51.